The molecule has 3 heterocycles. The first-order valence-electron chi connectivity index (χ1n) is 11.7. The van der Waals surface area contributed by atoms with Crippen molar-refractivity contribution in [3.05, 3.63) is 41.8 Å². The Kier molecular flexibility index (Phi) is 6.13. The van der Waals surface area contributed by atoms with Gasteiger partial charge in [0.25, 0.3) is 5.91 Å². The predicted molar refractivity (Wildman–Crippen MR) is 114 cm³/mol. The summed E-state index contributed by atoms with van der Waals surface area (Å²) >= 11 is 0. The van der Waals surface area contributed by atoms with Crippen LogP contribution in [0.25, 0.3) is 0 Å². The maximum Gasteiger partial charge on any atom is 0.260 e. The first-order chi connectivity index (χ1) is 15.6. The van der Waals surface area contributed by atoms with Crippen LogP contribution in [-0.2, 0) is 14.9 Å². The minimum absolute atomic E-state index is 0.0648. The lowest BCUT2D eigenvalue weighted by molar-refractivity contribution is -0.135. The molecule has 2 aromatic rings. The van der Waals surface area contributed by atoms with Crippen molar-refractivity contribution in [3.8, 4) is 5.75 Å². The highest BCUT2D eigenvalue weighted by atomic mass is 19.1. The molecule has 7 nitrogen and oxygen atoms in total. The Morgan fingerprint density at radius 2 is 1.97 bits per heavy atom. The molecule has 0 spiro atoms. The fourth-order valence-corrected chi connectivity index (χ4v) is 4.99. The number of aromatic nitrogens is 2. The third-order valence-corrected chi connectivity index (χ3v) is 6.97. The van der Waals surface area contributed by atoms with E-state index in [2.05, 4.69) is 5.16 Å². The molecule has 0 N–H and O–H groups in total. The van der Waals surface area contributed by atoms with E-state index >= 15 is 0 Å². The van der Waals surface area contributed by atoms with Crippen molar-refractivity contribution >= 4 is 5.91 Å². The van der Waals surface area contributed by atoms with Gasteiger partial charge in [0.2, 0.25) is 5.89 Å². The number of piperidine rings is 1. The van der Waals surface area contributed by atoms with Crippen LogP contribution in [0.3, 0.4) is 0 Å². The van der Waals surface area contributed by atoms with Crippen molar-refractivity contribution in [2.75, 3.05) is 32.9 Å². The first kappa shape index (κ1) is 21.4. The molecule has 1 amide bonds. The van der Waals surface area contributed by atoms with Crippen molar-refractivity contribution < 1.29 is 23.2 Å². The first-order valence-corrected chi connectivity index (χ1v) is 11.7. The van der Waals surface area contributed by atoms with Crippen LogP contribution in [0.4, 0.5) is 4.39 Å². The minimum Gasteiger partial charge on any atom is -0.484 e. The second-order valence-corrected chi connectivity index (χ2v) is 9.43. The zero-order valence-electron chi connectivity index (χ0n) is 18.3. The fraction of sp³-hybridized carbons (Fsp3) is 0.625. The highest BCUT2D eigenvalue weighted by molar-refractivity contribution is 5.78. The Balaban J connectivity index is 1.29. The largest absolute Gasteiger partial charge is 0.484 e. The molecule has 2 saturated heterocycles. The second-order valence-electron chi connectivity index (χ2n) is 9.43. The molecule has 0 bridgehead atoms. The van der Waals surface area contributed by atoms with E-state index in [1.165, 1.54) is 37.1 Å². The normalized spacial score (nSPS) is 24.5. The topological polar surface area (TPSA) is 77.7 Å². The van der Waals surface area contributed by atoms with Crippen LogP contribution in [0, 0.1) is 11.7 Å². The number of ether oxygens (including phenoxy) is 2. The number of hydrogen-bond donors (Lipinski definition) is 0. The lowest BCUT2D eigenvalue weighted by Crippen LogP contribution is -2.50. The highest BCUT2D eigenvalue weighted by Crippen LogP contribution is 2.46. The van der Waals surface area contributed by atoms with E-state index in [-0.39, 0.29) is 29.7 Å². The van der Waals surface area contributed by atoms with Crippen molar-refractivity contribution in [1.29, 1.82) is 0 Å². The highest BCUT2D eigenvalue weighted by Gasteiger charge is 2.46. The molecule has 1 saturated carbocycles. The maximum atomic E-state index is 13.1. The van der Waals surface area contributed by atoms with Gasteiger partial charge in [-0.25, -0.2) is 4.39 Å². The minimum atomic E-state index is -0.329. The van der Waals surface area contributed by atoms with Crippen LogP contribution >= 0.6 is 0 Å². The van der Waals surface area contributed by atoms with E-state index in [9.17, 15) is 9.18 Å². The van der Waals surface area contributed by atoms with Gasteiger partial charge >= 0.3 is 0 Å². The quantitative estimate of drug-likeness (QED) is 0.647. The third kappa shape index (κ3) is 4.80. The number of nitrogens with zero attached hydrogens (tertiary/aromatic N) is 3. The Morgan fingerprint density at radius 1 is 1.19 bits per heavy atom. The molecule has 172 valence electrons. The zero-order valence-corrected chi connectivity index (χ0v) is 18.3. The van der Waals surface area contributed by atoms with E-state index in [1.807, 2.05) is 4.90 Å². The van der Waals surface area contributed by atoms with Crippen molar-refractivity contribution in [2.24, 2.45) is 5.92 Å². The lowest BCUT2D eigenvalue weighted by atomic mass is 9.74. The van der Waals surface area contributed by atoms with Crippen LogP contribution < -0.4 is 4.74 Å². The number of benzene rings is 1. The number of hydrogen-bond acceptors (Lipinski definition) is 6. The van der Waals surface area contributed by atoms with Gasteiger partial charge in [-0.05, 0) is 62.3 Å². The van der Waals surface area contributed by atoms with Gasteiger partial charge in [0.05, 0.1) is 5.41 Å². The summed E-state index contributed by atoms with van der Waals surface area (Å²) in [6, 6.07) is 5.72. The smallest absolute Gasteiger partial charge is 0.260 e. The molecule has 3 aliphatic rings. The molecular formula is C24H30FN3O4. The summed E-state index contributed by atoms with van der Waals surface area (Å²) in [5, 5.41) is 4.43. The number of amides is 1. The van der Waals surface area contributed by atoms with Gasteiger partial charge in [0, 0.05) is 32.2 Å². The molecule has 1 aromatic heterocycles. The molecule has 1 unspecified atom stereocenters. The van der Waals surface area contributed by atoms with Crippen LogP contribution in [0.2, 0.25) is 0 Å². The number of halogens is 1. The average Bonchev–Trinajstić information content (AvgIpc) is 3.49. The van der Waals surface area contributed by atoms with Gasteiger partial charge < -0.3 is 18.9 Å². The molecule has 1 aliphatic carbocycles. The zero-order chi connectivity index (χ0) is 22.0. The molecule has 1 atom stereocenters. The summed E-state index contributed by atoms with van der Waals surface area (Å²) in [5.41, 5.74) is -0.266. The summed E-state index contributed by atoms with van der Waals surface area (Å²) in [4.78, 5) is 19.7. The molecule has 0 radical (unpaired) electrons. The van der Waals surface area contributed by atoms with E-state index in [0.29, 0.717) is 30.6 Å². The molecular weight excluding hydrogens is 413 g/mol. The summed E-state index contributed by atoms with van der Waals surface area (Å²) in [6.45, 7) is 2.67. The second kappa shape index (κ2) is 9.17. The van der Waals surface area contributed by atoms with Gasteiger partial charge in [-0.3, -0.25) is 4.79 Å². The third-order valence-electron chi connectivity index (χ3n) is 6.97. The number of likely N-dealkylation sites (tertiary alicyclic amines) is 1. The molecule has 3 fully saturated rings. The fourth-order valence-electron chi connectivity index (χ4n) is 4.99. The Labute approximate surface area is 187 Å². The Morgan fingerprint density at radius 3 is 2.72 bits per heavy atom. The molecule has 8 heteroatoms. The van der Waals surface area contributed by atoms with Gasteiger partial charge in [-0.2, -0.15) is 4.98 Å². The van der Waals surface area contributed by atoms with Gasteiger partial charge in [-0.1, -0.05) is 18.0 Å². The summed E-state index contributed by atoms with van der Waals surface area (Å²) in [7, 11) is 0. The van der Waals surface area contributed by atoms with Crippen LogP contribution in [0.5, 0.6) is 5.75 Å². The maximum absolute atomic E-state index is 13.1. The predicted octanol–water partition coefficient (Wildman–Crippen LogP) is 3.84. The van der Waals surface area contributed by atoms with E-state index < -0.39 is 0 Å². The van der Waals surface area contributed by atoms with Gasteiger partial charge in [0.1, 0.15) is 11.6 Å². The van der Waals surface area contributed by atoms with Crippen LogP contribution in [-0.4, -0.2) is 53.9 Å². The summed E-state index contributed by atoms with van der Waals surface area (Å²) in [5.74, 6) is 2.48. The number of carbonyl (C=O) groups excluding carboxylic acids is 1. The number of carbonyl (C=O) groups is 1. The Hall–Kier alpha value is -2.48. The average molecular weight is 444 g/mol. The summed E-state index contributed by atoms with van der Waals surface area (Å²) < 4.78 is 29.9. The monoisotopic (exact) mass is 443 g/mol. The lowest BCUT2D eigenvalue weighted by Gasteiger charge is -2.41. The molecule has 1 aromatic carbocycles. The molecule has 5 rings (SSSR count). The summed E-state index contributed by atoms with van der Waals surface area (Å²) in [6.07, 6.45) is 7.12. The van der Waals surface area contributed by atoms with E-state index in [1.54, 1.807) is 0 Å². The van der Waals surface area contributed by atoms with Crippen LogP contribution in [0.1, 0.15) is 62.6 Å². The number of rotatable bonds is 7. The van der Waals surface area contributed by atoms with Gasteiger partial charge in [-0.15, -0.1) is 0 Å². The van der Waals surface area contributed by atoms with Gasteiger partial charge in [0.15, 0.2) is 12.4 Å². The molecule has 32 heavy (non-hydrogen) atoms. The standard InChI is InChI=1S/C24H30FN3O4/c25-19-4-6-20(7-5-19)31-15-21(29)28-11-1-10-24(16-28,14-17-2-3-17)23-26-22(32-27-23)18-8-12-30-13-9-18/h4-7,17-18H,1-3,8-16H2. The SMILES string of the molecule is O=C(COc1ccc(F)cc1)N1CCCC(CC2CC2)(c2noc(C3CCOCC3)n2)C1. The Bertz CT molecular complexity index is 924. The molecule has 2 aliphatic heterocycles. The van der Waals surface area contributed by atoms with Crippen LogP contribution in [0.15, 0.2) is 28.8 Å². The van der Waals surface area contributed by atoms with Crippen molar-refractivity contribution in [1.82, 2.24) is 15.0 Å². The van der Waals surface area contributed by atoms with E-state index in [4.69, 9.17) is 19.0 Å². The van der Waals surface area contributed by atoms with Crippen molar-refractivity contribution in [3.63, 3.8) is 0 Å². The van der Waals surface area contributed by atoms with Crippen molar-refractivity contribution in [2.45, 2.75) is 56.3 Å². The van der Waals surface area contributed by atoms with E-state index in [0.717, 1.165) is 51.1 Å².